The molecule has 46 heavy (non-hydrogen) atoms. The van der Waals surface area contributed by atoms with Crippen molar-refractivity contribution in [2.45, 2.75) is 162 Å². The fourth-order valence-corrected chi connectivity index (χ4v) is 6.59. The Labute approximate surface area is 293 Å². The van der Waals surface area contributed by atoms with Gasteiger partial charge in [0, 0.05) is 39.3 Å². The quantitative estimate of drug-likeness (QED) is 0.0436. The fraction of sp³-hybridized carbons (Fsp3) is 0.581. The predicted octanol–water partition coefficient (Wildman–Crippen LogP) is 14.0. The Morgan fingerprint density at radius 2 is 1.11 bits per heavy atom. The van der Waals surface area contributed by atoms with Gasteiger partial charge in [-0.1, -0.05) is 147 Å². The van der Waals surface area contributed by atoms with E-state index in [0.717, 1.165) is 55.5 Å². The first-order valence-corrected chi connectivity index (χ1v) is 19.0. The monoisotopic (exact) mass is 666 g/mol. The number of hydrogen-bond acceptors (Lipinski definition) is 0. The zero-order chi connectivity index (χ0) is 32.0. The second kappa shape index (κ2) is 24.9. The average molecular weight is 668 g/mol. The van der Waals surface area contributed by atoms with Crippen molar-refractivity contribution in [1.29, 1.82) is 0 Å². The molecule has 1 heterocycles. The van der Waals surface area contributed by atoms with Crippen LogP contribution in [-0.4, -0.2) is 4.70 Å². The number of nitrogens with zero attached hydrogens (tertiary/aromatic N) is 2. The van der Waals surface area contributed by atoms with E-state index >= 15 is 0 Å². The Hall–Kier alpha value is -2.25. The molecule has 0 bridgehead atoms. The molecule has 0 aromatic heterocycles. The Morgan fingerprint density at radius 3 is 1.78 bits per heavy atom. The number of hydrogen-bond donors (Lipinski definition) is 0. The maximum absolute atomic E-state index is 11.7. The van der Waals surface area contributed by atoms with E-state index in [1.807, 2.05) is 0 Å². The summed E-state index contributed by atoms with van der Waals surface area (Å²) in [4.78, 5) is 0. The van der Waals surface area contributed by atoms with E-state index in [-0.39, 0.29) is 16.5 Å². The molecule has 2 aromatic carbocycles. The van der Waals surface area contributed by atoms with Crippen molar-refractivity contribution in [3.05, 3.63) is 100 Å². The first kappa shape index (κ1) is 39.9. The number of rotatable bonds is 25. The molecule has 0 unspecified atom stereocenters. The van der Waals surface area contributed by atoms with Gasteiger partial charge in [0.25, 0.3) is 0 Å². The van der Waals surface area contributed by atoms with Gasteiger partial charge in [-0.2, -0.15) is 0 Å². The van der Waals surface area contributed by atoms with Crippen LogP contribution in [0.25, 0.3) is 16.9 Å². The van der Waals surface area contributed by atoms with E-state index in [1.165, 1.54) is 130 Å². The minimum Gasteiger partial charge on any atom is -0.493 e. The minimum atomic E-state index is 0. The smallest absolute Gasteiger partial charge is 0.211 e. The second-order valence-corrected chi connectivity index (χ2v) is 13.3. The fourth-order valence-electron chi connectivity index (χ4n) is 6.59. The number of unbranched alkanes of at least 4 members (excludes halogenated alkanes) is 15. The zero-order valence-electron chi connectivity index (χ0n) is 29.6. The van der Waals surface area contributed by atoms with E-state index < -0.39 is 0 Å². The normalized spacial score (nSPS) is 13.1. The molecule has 3 heteroatoms. The van der Waals surface area contributed by atoms with E-state index in [0.29, 0.717) is 0 Å². The summed E-state index contributed by atoms with van der Waals surface area (Å²) in [5.41, 5.74) is 19.8. The molecule has 0 saturated heterocycles. The van der Waals surface area contributed by atoms with Crippen molar-refractivity contribution in [3.8, 4) is 0 Å². The minimum absolute atomic E-state index is 0. The van der Waals surface area contributed by atoms with Crippen LogP contribution in [0.1, 0.15) is 171 Å². The van der Waals surface area contributed by atoms with Gasteiger partial charge in [0.15, 0.2) is 0 Å². The van der Waals surface area contributed by atoms with Gasteiger partial charge in [-0.3, -0.25) is 0 Å². The van der Waals surface area contributed by atoms with Gasteiger partial charge in [0.2, 0.25) is 11.4 Å². The first-order chi connectivity index (χ1) is 22.2. The molecule has 256 valence electrons. The van der Waals surface area contributed by atoms with Gasteiger partial charge in [-0.15, -0.1) is 0 Å². The summed E-state index contributed by atoms with van der Waals surface area (Å²) < 4.78 is 1.49. The summed E-state index contributed by atoms with van der Waals surface area (Å²) in [5.74, 6) is 0. The summed E-state index contributed by atoms with van der Waals surface area (Å²) in [6, 6.07) is 17.7. The third kappa shape index (κ3) is 14.3. The van der Waals surface area contributed by atoms with Crippen LogP contribution in [-0.2, 0) is 29.3 Å². The predicted molar refractivity (Wildman–Crippen MR) is 197 cm³/mol. The van der Waals surface area contributed by atoms with Gasteiger partial charge in [-0.25, -0.2) is 4.70 Å². The Morgan fingerprint density at radius 1 is 0.565 bits per heavy atom. The van der Waals surface area contributed by atoms with Crippen LogP contribution in [0.5, 0.6) is 0 Å². The summed E-state index contributed by atoms with van der Waals surface area (Å²) in [7, 11) is 0. The van der Waals surface area contributed by atoms with Crippen LogP contribution in [0.4, 0.5) is 0 Å². The van der Waals surface area contributed by atoms with Crippen molar-refractivity contribution in [2.24, 2.45) is 0 Å². The molecule has 0 radical (unpaired) electrons. The van der Waals surface area contributed by atoms with Crippen LogP contribution >= 0.6 is 0 Å². The van der Waals surface area contributed by atoms with Crippen LogP contribution in [0.3, 0.4) is 0 Å². The van der Waals surface area contributed by atoms with Crippen LogP contribution in [0.2, 0.25) is 0 Å². The third-order valence-electron chi connectivity index (χ3n) is 9.40. The van der Waals surface area contributed by atoms with Crippen molar-refractivity contribution in [1.82, 2.24) is 0 Å². The van der Waals surface area contributed by atoms with Gasteiger partial charge < -0.3 is 5.53 Å². The molecule has 0 fully saturated rings. The Balaban J connectivity index is 0.00000736. The molecular weight excluding hydrogens is 603 g/mol. The van der Waals surface area contributed by atoms with Gasteiger partial charge in [0.05, 0.1) is 0 Å². The number of allylic oxidation sites excluding steroid dienone is 4. The molecular formula is C43H64N2Ni. The molecule has 0 atom stereocenters. The second-order valence-electron chi connectivity index (χ2n) is 13.3. The largest absolute Gasteiger partial charge is 0.493 e. The van der Waals surface area contributed by atoms with Gasteiger partial charge in [0.1, 0.15) is 0 Å². The van der Waals surface area contributed by atoms with E-state index in [1.54, 1.807) is 0 Å². The molecule has 3 rings (SSSR count). The number of benzene rings is 2. The number of aryl methyl sites for hydroxylation is 2. The van der Waals surface area contributed by atoms with Gasteiger partial charge in [-0.05, 0) is 87.1 Å². The first-order valence-electron chi connectivity index (χ1n) is 19.0. The maximum Gasteiger partial charge on any atom is 0.211 e. The summed E-state index contributed by atoms with van der Waals surface area (Å²) in [5, 5.41) is 0. The third-order valence-corrected chi connectivity index (χ3v) is 9.40. The van der Waals surface area contributed by atoms with Crippen molar-refractivity contribution < 1.29 is 21.2 Å². The van der Waals surface area contributed by atoms with Crippen LogP contribution in [0.15, 0.2) is 72.3 Å². The molecule has 1 aliphatic heterocycles. The van der Waals surface area contributed by atoms with Gasteiger partial charge >= 0.3 is 0 Å². The van der Waals surface area contributed by atoms with E-state index in [4.69, 9.17) is 0 Å². The Bertz CT molecular complexity index is 1200. The molecule has 0 saturated carbocycles. The van der Waals surface area contributed by atoms with E-state index in [2.05, 4.69) is 87.5 Å². The van der Waals surface area contributed by atoms with Crippen molar-refractivity contribution >= 4 is 11.4 Å². The molecule has 1 aliphatic rings. The average Bonchev–Trinajstić information content (AvgIpc) is 3.39. The zero-order valence-corrected chi connectivity index (χ0v) is 30.6. The van der Waals surface area contributed by atoms with Crippen molar-refractivity contribution in [3.63, 3.8) is 0 Å². The molecule has 2 nitrogen and oxygen atoms in total. The molecule has 2 aromatic rings. The summed E-state index contributed by atoms with van der Waals surface area (Å²) in [6.07, 6.45) is 34.9. The molecule has 0 spiro atoms. The van der Waals surface area contributed by atoms with Crippen LogP contribution < -0.4 is 0 Å². The Kier molecular flexibility index (Phi) is 21.6. The summed E-state index contributed by atoms with van der Waals surface area (Å²) in [6.45, 7) is 6.81. The molecule has 0 N–H and O–H groups in total. The van der Waals surface area contributed by atoms with Crippen LogP contribution in [0, 0.1) is 0 Å². The molecule has 0 aliphatic carbocycles. The topological polar surface area (TPSA) is 25.3 Å². The molecule has 0 amide bonds. The standard InChI is InChI=1S/C43H64N2.Ni/c1-4-7-10-12-13-14-15-16-17-18-19-20-21-24-28-38-29-25-26-31-41(38)43-40(30-22-9-6-3)36-42(45(43)44)39-34-32-37(33-35-39)27-23-11-8-5-2;/h19-20,25-26,29,31-36H,4-18,21-24,27-28,30H2,1-3H3;. The SMILES string of the molecule is CCCCCCCCCCCC=CCCCc1ccccc1C1=C(CCCCC)C=C(c2ccc(CCCCCC)cc2)[N+]1=[N-].[Ni]. The van der Waals surface area contributed by atoms with E-state index in [9.17, 15) is 5.53 Å². The van der Waals surface area contributed by atoms with Crippen molar-refractivity contribution in [2.75, 3.05) is 0 Å². The maximum atomic E-state index is 11.7. The summed E-state index contributed by atoms with van der Waals surface area (Å²) >= 11 is 0.